The van der Waals surface area contributed by atoms with Crippen LogP contribution in [0.15, 0.2) is 18.3 Å². The Morgan fingerprint density at radius 2 is 2.33 bits per heavy atom. The summed E-state index contributed by atoms with van der Waals surface area (Å²) >= 11 is 0. The maximum Gasteiger partial charge on any atom is 0.171 e. The largest absolute Gasteiger partial charge is 0.490 e. The van der Waals surface area contributed by atoms with Crippen molar-refractivity contribution in [2.24, 2.45) is 5.92 Å². The Morgan fingerprint density at radius 3 is 3.10 bits per heavy atom. The van der Waals surface area contributed by atoms with E-state index in [4.69, 9.17) is 4.74 Å². The second-order valence-corrected chi connectivity index (χ2v) is 5.87. The molecule has 1 N–H and O–H groups in total. The molecule has 1 fully saturated rings. The number of hydrogen-bond donors (Lipinski definition) is 1. The van der Waals surface area contributed by atoms with Crippen molar-refractivity contribution in [1.82, 2.24) is 10.3 Å². The van der Waals surface area contributed by atoms with Crippen LogP contribution in [0, 0.1) is 5.92 Å². The molecular formula is C17H29N3O. The minimum atomic E-state index is 0.557. The molecule has 0 radical (unpaired) electrons. The van der Waals surface area contributed by atoms with Crippen LogP contribution in [0.5, 0.6) is 5.75 Å². The molecule has 0 spiro atoms. The van der Waals surface area contributed by atoms with E-state index in [-0.39, 0.29) is 0 Å². The number of ether oxygens (including phenoxy) is 1. The molecule has 4 nitrogen and oxygen atoms in total. The average Bonchev–Trinajstić information content (AvgIpc) is 2.53. The lowest BCUT2D eigenvalue weighted by molar-refractivity contribution is 0.305. The highest BCUT2D eigenvalue weighted by Crippen LogP contribution is 2.30. The fourth-order valence-corrected chi connectivity index (χ4v) is 3.04. The Hall–Kier alpha value is -1.29. The molecule has 4 heteroatoms. The molecule has 2 unspecified atom stereocenters. The van der Waals surface area contributed by atoms with Crippen molar-refractivity contribution in [3.8, 4) is 5.75 Å². The third-order valence-electron chi connectivity index (χ3n) is 4.20. The lowest BCUT2D eigenvalue weighted by Crippen LogP contribution is -2.44. The van der Waals surface area contributed by atoms with Gasteiger partial charge in [-0.25, -0.2) is 4.98 Å². The van der Waals surface area contributed by atoms with Crippen molar-refractivity contribution in [2.45, 2.75) is 46.1 Å². The second-order valence-electron chi connectivity index (χ2n) is 5.87. The number of piperidine rings is 1. The van der Waals surface area contributed by atoms with Crippen molar-refractivity contribution in [1.29, 1.82) is 0 Å². The van der Waals surface area contributed by atoms with Crippen molar-refractivity contribution >= 4 is 5.82 Å². The minimum absolute atomic E-state index is 0.557. The van der Waals surface area contributed by atoms with E-state index in [2.05, 4.69) is 36.0 Å². The van der Waals surface area contributed by atoms with Crippen LogP contribution in [0.1, 0.15) is 40.0 Å². The average molecular weight is 291 g/mol. The zero-order valence-electron chi connectivity index (χ0n) is 13.6. The molecule has 1 saturated heterocycles. The van der Waals surface area contributed by atoms with Crippen molar-refractivity contribution in [2.75, 3.05) is 31.1 Å². The van der Waals surface area contributed by atoms with Gasteiger partial charge in [0.15, 0.2) is 11.6 Å². The first-order valence-corrected chi connectivity index (χ1v) is 8.32. The zero-order valence-corrected chi connectivity index (χ0v) is 13.6. The minimum Gasteiger partial charge on any atom is -0.490 e. The second kappa shape index (κ2) is 8.23. The van der Waals surface area contributed by atoms with Crippen LogP contribution in [0.3, 0.4) is 0 Å². The predicted octanol–water partition coefficient (Wildman–Crippen LogP) is 3.08. The van der Waals surface area contributed by atoms with Crippen LogP contribution in [0.25, 0.3) is 0 Å². The monoisotopic (exact) mass is 291 g/mol. The normalized spacial score (nSPS) is 20.3. The van der Waals surface area contributed by atoms with E-state index in [1.807, 2.05) is 18.3 Å². The van der Waals surface area contributed by atoms with Gasteiger partial charge in [0.25, 0.3) is 0 Å². The van der Waals surface area contributed by atoms with Crippen LogP contribution in [-0.2, 0) is 0 Å². The fourth-order valence-electron chi connectivity index (χ4n) is 3.04. The van der Waals surface area contributed by atoms with Gasteiger partial charge in [-0.2, -0.15) is 0 Å². The van der Waals surface area contributed by atoms with Crippen LogP contribution in [0.2, 0.25) is 0 Å². The highest BCUT2D eigenvalue weighted by molar-refractivity contribution is 5.52. The highest BCUT2D eigenvalue weighted by Gasteiger charge is 2.26. The molecule has 1 aliphatic heterocycles. The molecule has 0 saturated carbocycles. The van der Waals surface area contributed by atoms with Gasteiger partial charge in [-0.3, -0.25) is 0 Å². The predicted molar refractivity (Wildman–Crippen MR) is 88.1 cm³/mol. The molecule has 118 valence electrons. The van der Waals surface area contributed by atoms with Crippen LogP contribution in [-0.4, -0.2) is 37.3 Å². The standard InChI is InChI=1S/C17H29N3O/c1-4-12-21-16-9-6-10-19-17(16)20-11-7-8-15(13-20)14(3)18-5-2/h6,9-10,14-15,18H,4-5,7-8,11-13H2,1-3H3. The van der Waals surface area contributed by atoms with E-state index >= 15 is 0 Å². The quantitative estimate of drug-likeness (QED) is 0.837. The SMILES string of the molecule is CCCOc1cccnc1N1CCCC(C(C)NCC)C1. The Labute approximate surface area is 128 Å². The summed E-state index contributed by atoms with van der Waals surface area (Å²) < 4.78 is 5.86. The molecule has 1 aromatic rings. The molecule has 2 rings (SSSR count). The summed E-state index contributed by atoms with van der Waals surface area (Å²) in [6, 6.07) is 4.55. The molecule has 2 atom stereocenters. The molecule has 0 aromatic carbocycles. The summed E-state index contributed by atoms with van der Waals surface area (Å²) in [4.78, 5) is 6.97. The first kappa shape index (κ1) is 16.1. The van der Waals surface area contributed by atoms with Gasteiger partial charge in [0.05, 0.1) is 6.61 Å². The first-order valence-electron chi connectivity index (χ1n) is 8.32. The zero-order chi connectivity index (χ0) is 15.1. The van der Waals surface area contributed by atoms with Crippen molar-refractivity contribution in [3.05, 3.63) is 18.3 Å². The molecule has 1 aromatic heterocycles. The van der Waals surface area contributed by atoms with E-state index in [0.29, 0.717) is 12.0 Å². The Balaban J connectivity index is 2.06. The summed E-state index contributed by atoms with van der Waals surface area (Å²) in [5, 5.41) is 3.56. The fraction of sp³-hybridized carbons (Fsp3) is 0.706. The summed E-state index contributed by atoms with van der Waals surface area (Å²) in [5.74, 6) is 2.62. The van der Waals surface area contributed by atoms with Crippen LogP contribution < -0.4 is 15.0 Å². The van der Waals surface area contributed by atoms with Gasteiger partial charge in [-0.05, 0) is 50.8 Å². The number of pyridine rings is 1. The maximum absolute atomic E-state index is 5.86. The summed E-state index contributed by atoms with van der Waals surface area (Å²) in [6.07, 6.45) is 5.41. The number of anilines is 1. The Kier molecular flexibility index (Phi) is 6.30. The van der Waals surface area contributed by atoms with Gasteiger partial charge in [0, 0.05) is 25.3 Å². The number of nitrogens with one attached hydrogen (secondary N) is 1. The lowest BCUT2D eigenvalue weighted by Gasteiger charge is -2.37. The molecule has 21 heavy (non-hydrogen) atoms. The first-order chi connectivity index (χ1) is 10.3. The molecule has 0 bridgehead atoms. The van der Waals surface area contributed by atoms with Crippen molar-refractivity contribution < 1.29 is 4.74 Å². The van der Waals surface area contributed by atoms with E-state index in [1.165, 1.54) is 12.8 Å². The third-order valence-corrected chi connectivity index (χ3v) is 4.20. The van der Waals surface area contributed by atoms with Gasteiger partial charge >= 0.3 is 0 Å². The Morgan fingerprint density at radius 1 is 1.48 bits per heavy atom. The van der Waals surface area contributed by atoms with Gasteiger partial charge < -0.3 is 15.0 Å². The van der Waals surface area contributed by atoms with E-state index in [0.717, 1.165) is 44.2 Å². The van der Waals surface area contributed by atoms with Crippen LogP contribution in [0.4, 0.5) is 5.82 Å². The number of aromatic nitrogens is 1. The summed E-state index contributed by atoms with van der Waals surface area (Å²) in [7, 11) is 0. The number of hydrogen-bond acceptors (Lipinski definition) is 4. The van der Waals surface area contributed by atoms with Crippen LogP contribution >= 0.6 is 0 Å². The summed E-state index contributed by atoms with van der Waals surface area (Å²) in [5.41, 5.74) is 0. The van der Waals surface area contributed by atoms with Crippen molar-refractivity contribution in [3.63, 3.8) is 0 Å². The number of rotatable bonds is 7. The third kappa shape index (κ3) is 4.34. The number of nitrogens with zero attached hydrogens (tertiary/aromatic N) is 2. The summed E-state index contributed by atoms with van der Waals surface area (Å²) in [6.45, 7) is 10.5. The molecule has 0 amide bonds. The van der Waals surface area contributed by atoms with E-state index < -0.39 is 0 Å². The molecule has 0 aliphatic carbocycles. The lowest BCUT2D eigenvalue weighted by atomic mass is 9.91. The highest BCUT2D eigenvalue weighted by atomic mass is 16.5. The Bertz CT molecular complexity index is 424. The molecule has 2 heterocycles. The smallest absolute Gasteiger partial charge is 0.171 e. The van der Waals surface area contributed by atoms with Gasteiger partial charge in [-0.15, -0.1) is 0 Å². The van der Waals surface area contributed by atoms with E-state index in [1.54, 1.807) is 0 Å². The van der Waals surface area contributed by atoms with Gasteiger partial charge in [0.2, 0.25) is 0 Å². The van der Waals surface area contributed by atoms with Gasteiger partial charge in [0.1, 0.15) is 0 Å². The molecule has 1 aliphatic rings. The van der Waals surface area contributed by atoms with Gasteiger partial charge in [-0.1, -0.05) is 13.8 Å². The van der Waals surface area contributed by atoms with E-state index in [9.17, 15) is 0 Å². The maximum atomic E-state index is 5.86. The topological polar surface area (TPSA) is 37.4 Å². The molecular weight excluding hydrogens is 262 g/mol.